The van der Waals surface area contributed by atoms with Gasteiger partial charge in [-0.2, -0.15) is 0 Å². The first kappa shape index (κ1) is 15.6. The normalized spacial score (nSPS) is 13.3. The molecule has 0 aromatic heterocycles. The van der Waals surface area contributed by atoms with Crippen molar-refractivity contribution in [2.24, 2.45) is 0 Å². The molecule has 3 nitrogen and oxygen atoms in total. The van der Waals surface area contributed by atoms with Crippen molar-refractivity contribution in [3.05, 3.63) is 59.2 Å². The maximum absolute atomic E-state index is 12.1. The summed E-state index contributed by atoms with van der Waals surface area (Å²) in [5, 5.41) is 2.93. The lowest BCUT2D eigenvalue weighted by molar-refractivity contribution is -0.118. The number of hydrogen-bond donors (Lipinski definition) is 1. The van der Waals surface area contributed by atoms with E-state index >= 15 is 0 Å². The fourth-order valence-electron chi connectivity index (χ4n) is 3.09. The van der Waals surface area contributed by atoms with Crippen molar-refractivity contribution in [2.75, 3.05) is 11.9 Å². The highest BCUT2D eigenvalue weighted by Gasteiger charge is 2.11. The van der Waals surface area contributed by atoms with Crippen LogP contribution in [0, 0.1) is 0 Å². The van der Waals surface area contributed by atoms with Crippen molar-refractivity contribution in [3.8, 4) is 5.75 Å². The van der Waals surface area contributed by atoms with Gasteiger partial charge in [-0.15, -0.1) is 0 Å². The number of amides is 1. The molecular weight excluding hydrogens is 286 g/mol. The van der Waals surface area contributed by atoms with E-state index in [9.17, 15) is 4.79 Å². The number of hydrogen-bond acceptors (Lipinski definition) is 2. The van der Waals surface area contributed by atoms with Gasteiger partial charge in [0, 0.05) is 5.69 Å². The van der Waals surface area contributed by atoms with Crippen molar-refractivity contribution < 1.29 is 9.53 Å². The zero-order valence-electron chi connectivity index (χ0n) is 13.6. The van der Waals surface area contributed by atoms with Crippen molar-refractivity contribution >= 4 is 11.6 Å². The molecule has 3 rings (SSSR count). The minimum Gasteiger partial charge on any atom is -0.484 e. The summed E-state index contributed by atoms with van der Waals surface area (Å²) in [5.41, 5.74) is 4.79. The minimum atomic E-state index is -0.122. The summed E-state index contributed by atoms with van der Waals surface area (Å²) in [6.45, 7) is 2.12. The second kappa shape index (κ2) is 7.32. The van der Waals surface area contributed by atoms with Gasteiger partial charge in [0.05, 0.1) is 0 Å². The molecule has 0 spiro atoms. The van der Waals surface area contributed by atoms with E-state index in [-0.39, 0.29) is 12.5 Å². The SMILES string of the molecule is CCc1ccccc1NC(=O)COc1ccc2c(c1)CCCC2. The molecule has 3 heteroatoms. The molecule has 2 aromatic rings. The van der Waals surface area contributed by atoms with Crippen LogP contribution >= 0.6 is 0 Å². The van der Waals surface area contributed by atoms with Gasteiger partial charge in [0.2, 0.25) is 0 Å². The molecule has 0 saturated heterocycles. The average Bonchev–Trinajstić information content (AvgIpc) is 2.60. The number of rotatable bonds is 5. The van der Waals surface area contributed by atoms with Crippen molar-refractivity contribution in [1.29, 1.82) is 0 Å². The van der Waals surface area contributed by atoms with Crippen LogP contribution in [0.5, 0.6) is 5.75 Å². The Labute approximate surface area is 137 Å². The number of anilines is 1. The summed E-state index contributed by atoms with van der Waals surface area (Å²) < 4.78 is 5.67. The Bertz CT molecular complexity index is 694. The summed E-state index contributed by atoms with van der Waals surface area (Å²) in [7, 11) is 0. The van der Waals surface area contributed by atoms with E-state index in [0.717, 1.165) is 36.3 Å². The Kier molecular flexibility index (Phi) is 4.96. The Morgan fingerprint density at radius 1 is 1.09 bits per heavy atom. The lowest BCUT2D eigenvalue weighted by Gasteiger charge is -2.17. The predicted octanol–water partition coefficient (Wildman–Crippen LogP) is 4.15. The molecule has 0 heterocycles. The van der Waals surface area contributed by atoms with Gasteiger partial charge in [0.25, 0.3) is 5.91 Å². The lowest BCUT2D eigenvalue weighted by Crippen LogP contribution is -2.21. The molecule has 2 aromatic carbocycles. The minimum absolute atomic E-state index is 0.0385. The van der Waals surface area contributed by atoms with Gasteiger partial charge in [0.1, 0.15) is 5.75 Å². The molecule has 1 amide bonds. The average molecular weight is 309 g/mol. The van der Waals surface area contributed by atoms with Crippen LogP contribution in [0.2, 0.25) is 0 Å². The van der Waals surface area contributed by atoms with Crippen LogP contribution in [-0.2, 0) is 24.1 Å². The van der Waals surface area contributed by atoms with Gasteiger partial charge in [-0.25, -0.2) is 0 Å². The molecule has 0 fully saturated rings. The lowest BCUT2D eigenvalue weighted by atomic mass is 9.92. The van der Waals surface area contributed by atoms with Crippen LogP contribution in [0.1, 0.15) is 36.5 Å². The molecular formula is C20H23NO2. The Hall–Kier alpha value is -2.29. The topological polar surface area (TPSA) is 38.3 Å². The molecule has 0 unspecified atom stereocenters. The smallest absolute Gasteiger partial charge is 0.262 e. The number of fused-ring (bicyclic) bond motifs is 1. The van der Waals surface area contributed by atoms with E-state index in [1.165, 1.54) is 24.0 Å². The van der Waals surface area contributed by atoms with Gasteiger partial charge in [-0.1, -0.05) is 31.2 Å². The first-order valence-corrected chi connectivity index (χ1v) is 8.38. The highest BCUT2D eigenvalue weighted by Crippen LogP contribution is 2.25. The zero-order chi connectivity index (χ0) is 16.1. The Morgan fingerprint density at radius 2 is 1.87 bits per heavy atom. The van der Waals surface area contributed by atoms with Gasteiger partial charge in [-0.3, -0.25) is 4.79 Å². The highest BCUT2D eigenvalue weighted by atomic mass is 16.5. The molecule has 0 bridgehead atoms. The maximum atomic E-state index is 12.1. The number of benzene rings is 2. The molecule has 0 radical (unpaired) electrons. The third-order valence-corrected chi connectivity index (χ3v) is 4.36. The third-order valence-electron chi connectivity index (χ3n) is 4.36. The standard InChI is InChI=1S/C20H23NO2/c1-2-15-7-5-6-10-19(15)21-20(22)14-23-18-12-11-16-8-3-4-9-17(16)13-18/h5-7,10-13H,2-4,8-9,14H2,1H3,(H,21,22). The molecule has 23 heavy (non-hydrogen) atoms. The van der Waals surface area contributed by atoms with Crippen molar-refractivity contribution in [1.82, 2.24) is 0 Å². The quantitative estimate of drug-likeness (QED) is 0.901. The number of carbonyl (C=O) groups is 1. The molecule has 1 N–H and O–H groups in total. The van der Waals surface area contributed by atoms with E-state index in [2.05, 4.69) is 24.4 Å². The summed E-state index contributed by atoms with van der Waals surface area (Å²) >= 11 is 0. The predicted molar refractivity (Wildman–Crippen MR) is 93.0 cm³/mol. The first-order valence-electron chi connectivity index (χ1n) is 8.38. The summed E-state index contributed by atoms with van der Waals surface area (Å²) in [5.74, 6) is 0.660. The first-order chi connectivity index (χ1) is 11.3. The zero-order valence-corrected chi connectivity index (χ0v) is 13.6. The number of aryl methyl sites for hydroxylation is 3. The van der Waals surface area contributed by atoms with Crippen LogP contribution in [-0.4, -0.2) is 12.5 Å². The Balaban J connectivity index is 1.58. The van der Waals surface area contributed by atoms with Crippen LogP contribution in [0.3, 0.4) is 0 Å². The molecule has 0 aliphatic heterocycles. The number of nitrogens with one attached hydrogen (secondary N) is 1. The molecule has 0 saturated carbocycles. The van der Waals surface area contributed by atoms with Gasteiger partial charge in [0.15, 0.2) is 6.61 Å². The van der Waals surface area contributed by atoms with Gasteiger partial charge < -0.3 is 10.1 Å². The van der Waals surface area contributed by atoms with Crippen molar-refractivity contribution in [3.63, 3.8) is 0 Å². The fraction of sp³-hybridized carbons (Fsp3) is 0.350. The molecule has 120 valence electrons. The maximum Gasteiger partial charge on any atom is 0.262 e. The number of para-hydroxylation sites is 1. The van der Waals surface area contributed by atoms with Crippen molar-refractivity contribution in [2.45, 2.75) is 39.0 Å². The number of carbonyl (C=O) groups excluding carboxylic acids is 1. The fourth-order valence-corrected chi connectivity index (χ4v) is 3.09. The highest BCUT2D eigenvalue weighted by molar-refractivity contribution is 5.92. The summed E-state index contributed by atoms with van der Waals surface area (Å²) in [4.78, 5) is 12.1. The molecule has 1 aliphatic rings. The van der Waals surface area contributed by atoms with Gasteiger partial charge >= 0.3 is 0 Å². The second-order valence-electron chi connectivity index (χ2n) is 5.99. The van der Waals surface area contributed by atoms with E-state index in [0.29, 0.717) is 0 Å². The van der Waals surface area contributed by atoms with E-state index in [4.69, 9.17) is 4.74 Å². The van der Waals surface area contributed by atoms with Crippen LogP contribution in [0.15, 0.2) is 42.5 Å². The van der Waals surface area contributed by atoms with Crippen LogP contribution in [0.25, 0.3) is 0 Å². The summed E-state index contributed by atoms with van der Waals surface area (Å²) in [6, 6.07) is 14.1. The van der Waals surface area contributed by atoms with E-state index < -0.39 is 0 Å². The van der Waals surface area contributed by atoms with Crippen LogP contribution < -0.4 is 10.1 Å². The molecule has 1 aliphatic carbocycles. The largest absolute Gasteiger partial charge is 0.484 e. The Morgan fingerprint density at radius 3 is 2.70 bits per heavy atom. The summed E-state index contributed by atoms with van der Waals surface area (Å²) in [6.07, 6.45) is 5.67. The second-order valence-corrected chi connectivity index (χ2v) is 5.99. The van der Waals surface area contributed by atoms with Gasteiger partial charge in [-0.05, 0) is 67.0 Å². The van der Waals surface area contributed by atoms with Crippen LogP contribution in [0.4, 0.5) is 5.69 Å². The van der Waals surface area contributed by atoms with E-state index in [1.807, 2.05) is 30.3 Å². The molecule has 0 atom stereocenters. The number of ether oxygens (including phenoxy) is 1. The van der Waals surface area contributed by atoms with E-state index in [1.54, 1.807) is 0 Å². The third kappa shape index (κ3) is 3.92. The monoisotopic (exact) mass is 309 g/mol.